The van der Waals surface area contributed by atoms with Crippen molar-refractivity contribution >= 4 is 34.4 Å². The summed E-state index contributed by atoms with van der Waals surface area (Å²) >= 11 is 5.70. The molecule has 3 rings (SSSR count). The van der Waals surface area contributed by atoms with Gasteiger partial charge in [0.1, 0.15) is 5.82 Å². The third kappa shape index (κ3) is 4.02. The van der Waals surface area contributed by atoms with Crippen molar-refractivity contribution in [2.45, 2.75) is 39.5 Å². The van der Waals surface area contributed by atoms with Gasteiger partial charge in [-0.05, 0) is 55.2 Å². The lowest BCUT2D eigenvalue weighted by molar-refractivity contribution is -0.139. The molecule has 0 aliphatic rings. The lowest BCUT2D eigenvalue weighted by atomic mass is 9.87. The minimum atomic E-state index is -1.16. The molecule has 31 heavy (non-hydrogen) atoms. The first-order valence-corrected chi connectivity index (χ1v) is 10.2. The van der Waals surface area contributed by atoms with Crippen LogP contribution in [0.4, 0.5) is 8.78 Å². The van der Waals surface area contributed by atoms with Crippen molar-refractivity contribution in [2.75, 3.05) is 0 Å². The number of phenolic OH excluding ortho intramolecular Hbond substituents is 1. The molecule has 0 amide bonds. The molecule has 0 bridgehead atoms. The van der Waals surface area contributed by atoms with E-state index in [4.69, 9.17) is 11.6 Å². The predicted molar refractivity (Wildman–Crippen MR) is 114 cm³/mol. The van der Waals surface area contributed by atoms with E-state index in [1.165, 1.54) is 25.1 Å². The van der Waals surface area contributed by atoms with Crippen LogP contribution in [-0.4, -0.2) is 26.7 Å². The van der Waals surface area contributed by atoms with Crippen molar-refractivity contribution in [2.24, 2.45) is 5.92 Å². The zero-order chi connectivity index (χ0) is 23.0. The highest BCUT2D eigenvalue weighted by Crippen LogP contribution is 2.40. The number of carbonyl (C=O) groups is 2. The number of hydrogen-bond donors (Lipinski definition) is 2. The standard InChI is InChI=1S/C23H22ClF2NO4/c1-4-11(2)9-14(23(30)31)19-12(3)27(17-7-8-18(28)21(26)20(17)19)22(29)13-5-6-15(24)16(25)10-13/h5-8,10-11,14,28H,4,9H2,1-3H3,(H,30,31)/t11?,14-/m0/s1. The molecule has 8 heteroatoms. The summed E-state index contributed by atoms with van der Waals surface area (Å²) < 4.78 is 30.1. The quantitative estimate of drug-likeness (QED) is 0.492. The van der Waals surface area contributed by atoms with Gasteiger partial charge < -0.3 is 10.2 Å². The SMILES string of the molecule is CCC(C)C[C@H](C(=O)O)c1c(C)n(C(=O)c2ccc(Cl)c(F)c2)c2ccc(O)c(F)c12. The molecule has 0 radical (unpaired) electrons. The zero-order valence-corrected chi connectivity index (χ0v) is 18.0. The Morgan fingerprint density at radius 2 is 1.87 bits per heavy atom. The third-order valence-electron chi connectivity index (χ3n) is 5.69. The number of fused-ring (bicyclic) bond motifs is 1. The van der Waals surface area contributed by atoms with Gasteiger partial charge in [0.2, 0.25) is 0 Å². The molecule has 2 atom stereocenters. The van der Waals surface area contributed by atoms with Gasteiger partial charge in [-0.2, -0.15) is 0 Å². The number of aromatic hydroxyl groups is 1. The van der Waals surface area contributed by atoms with Crippen LogP contribution in [0.3, 0.4) is 0 Å². The average molecular weight is 450 g/mol. The molecule has 1 aromatic heterocycles. The maximum atomic E-state index is 15.0. The summed E-state index contributed by atoms with van der Waals surface area (Å²) in [6, 6.07) is 5.99. The van der Waals surface area contributed by atoms with Gasteiger partial charge in [-0.1, -0.05) is 31.9 Å². The highest BCUT2D eigenvalue weighted by molar-refractivity contribution is 6.30. The molecule has 2 aromatic carbocycles. The van der Waals surface area contributed by atoms with E-state index < -0.39 is 35.2 Å². The van der Waals surface area contributed by atoms with Crippen molar-refractivity contribution in [1.29, 1.82) is 0 Å². The smallest absolute Gasteiger partial charge is 0.311 e. The van der Waals surface area contributed by atoms with E-state index in [1.54, 1.807) is 0 Å². The minimum absolute atomic E-state index is 0.0281. The monoisotopic (exact) mass is 449 g/mol. The van der Waals surface area contributed by atoms with E-state index in [0.717, 1.165) is 23.1 Å². The fraction of sp³-hybridized carbons (Fsp3) is 0.304. The average Bonchev–Trinajstić information content (AvgIpc) is 3.02. The fourth-order valence-electron chi connectivity index (χ4n) is 3.84. The molecule has 164 valence electrons. The van der Waals surface area contributed by atoms with Gasteiger partial charge in [0.25, 0.3) is 5.91 Å². The molecule has 0 saturated heterocycles. The van der Waals surface area contributed by atoms with E-state index in [9.17, 15) is 24.2 Å². The molecule has 1 unspecified atom stereocenters. The molecular weight excluding hydrogens is 428 g/mol. The van der Waals surface area contributed by atoms with E-state index in [-0.39, 0.29) is 45.1 Å². The molecule has 0 spiro atoms. The van der Waals surface area contributed by atoms with Gasteiger partial charge in [0.05, 0.1) is 16.5 Å². The van der Waals surface area contributed by atoms with Gasteiger partial charge in [0.15, 0.2) is 11.6 Å². The second-order valence-electron chi connectivity index (χ2n) is 7.70. The Kier molecular flexibility index (Phi) is 6.36. The normalized spacial score (nSPS) is 13.4. The second-order valence-corrected chi connectivity index (χ2v) is 8.11. The number of carbonyl (C=O) groups excluding carboxylic acids is 1. The van der Waals surface area contributed by atoms with Gasteiger partial charge >= 0.3 is 5.97 Å². The Balaban J connectivity index is 2.32. The van der Waals surface area contributed by atoms with Crippen LogP contribution in [0.2, 0.25) is 5.02 Å². The number of aliphatic carboxylic acids is 1. The van der Waals surface area contributed by atoms with E-state index >= 15 is 4.39 Å². The summed E-state index contributed by atoms with van der Waals surface area (Å²) in [6.07, 6.45) is 0.947. The number of benzene rings is 2. The summed E-state index contributed by atoms with van der Waals surface area (Å²) in [4.78, 5) is 25.4. The van der Waals surface area contributed by atoms with Crippen LogP contribution in [0.1, 0.15) is 54.2 Å². The molecular formula is C23H22ClF2NO4. The Morgan fingerprint density at radius 1 is 1.19 bits per heavy atom. The molecule has 2 N–H and O–H groups in total. The first-order chi connectivity index (χ1) is 14.6. The summed E-state index contributed by atoms with van der Waals surface area (Å²) in [5.74, 6) is -5.32. The van der Waals surface area contributed by atoms with Gasteiger partial charge in [-0.3, -0.25) is 14.2 Å². The molecule has 0 fully saturated rings. The Bertz CT molecular complexity index is 1190. The Labute approximate surface area is 182 Å². The van der Waals surface area contributed by atoms with Crippen LogP contribution in [0.5, 0.6) is 5.75 Å². The number of nitrogens with zero attached hydrogens (tertiary/aromatic N) is 1. The third-order valence-corrected chi connectivity index (χ3v) is 5.99. The molecule has 0 aliphatic heterocycles. The summed E-state index contributed by atoms with van der Waals surface area (Å²) in [5.41, 5.74) is 0.406. The van der Waals surface area contributed by atoms with Gasteiger partial charge in [-0.25, -0.2) is 8.78 Å². The first-order valence-electron chi connectivity index (χ1n) is 9.83. The topological polar surface area (TPSA) is 79.5 Å². The summed E-state index contributed by atoms with van der Waals surface area (Å²) in [7, 11) is 0. The number of rotatable bonds is 6. The van der Waals surface area contributed by atoms with Crippen LogP contribution in [0, 0.1) is 24.5 Å². The highest BCUT2D eigenvalue weighted by Gasteiger charge is 2.32. The predicted octanol–water partition coefficient (Wildman–Crippen LogP) is 5.88. The number of carboxylic acids is 1. The van der Waals surface area contributed by atoms with Crippen molar-refractivity contribution in [3.05, 3.63) is 63.8 Å². The van der Waals surface area contributed by atoms with Gasteiger partial charge in [-0.15, -0.1) is 0 Å². The largest absolute Gasteiger partial charge is 0.505 e. The number of aromatic nitrogens is 1. The Morgan fingerprint density at radius 3 is 2.45 bits per heavy atom. The Hall–Kier alpha value is -2.93. The minimum Gasteiger partial charge on any atom is -0.505 e. The van der Waals surface area contributed by atoms with Crippen molar-refractivity contribution < 1.29 is 28.6 Å². The second kappa shape index (κ2) is 8.67. The number of hydrogen-bond acceptors (Lipinski definition) is 3. The molecule has 0 saturated carbocycles. The summed E-state index contributed by atoms with van der Waals surface area (Å²) in [5, 5.41) is 19.6. The lowest BCUT2D eigenvalue weighted by Crippen LogP contribution is -2.18. The van der Waals surface area contributed by atoms with Crippen LogP contribution >= 0.6 is 11.6 Å². The summed E-state index contributed by atoms with van der Waals surface area (Å²) in [6.45, 7) is 5.33. The van der Waals surface area contributed by atoms with Crippen molar-refractivity contribution in [3.63, 3.8) is 0 Å². The van der Waals surface area contributed by atoms with Crippen LogP contribution < -0.4 is 0 Å². The number of halogens is 3. The molecule has 5 nitrogen and oxygen atoms in total. The van der Waals surface area contributed by atoms with Crippen LogP contribution in [0.15, 0.2) is 30.3 Å². The molecule has 1 heterocycles. The van der Waals surface area contributed by atoms with Gasteiger partial charge in [0, 0.05) is 16.6 Å². The lowest BCUT2D eigenvalue weighted by Gasteiger charge is -2.18. The van der Waals surface area contributed by atoms with E-state index in [0.29, 0.717) is 0 Å². The molecule has 0 aliphatic carbocycles. The van der Waals surface area contributed by atoms with E-state index in [2.05, 4.69) is 0 Å². The van der Waals surface area contributed by atoms with Crippen LogP contribution in [-0.2, 0) is 4.79 Å². The number of carboxylic acid groups (broad SMARTS) is 1. The van der Waals surface area contributed by atoms with Crippen molar-refractivity contribution in [1.82, 2.24) is 4.57 Å². The van der Waals surface area contributed by atoms with E-state index in [1.807, 2.05) is 13.8 Å². The number of phenols is 1. The first kappa shape index (κ1) is 22.7. The maximum absolute atomic E-state index is 15.0. The highest BCUT2D eigenvalue weighted by atomic mass is 35.5. The van der Waals surface area contributed by atoms with Crippen LogP contribution in [0.25, 0.3) is 10.9 Å². The molecule has 3 aromatic rings. The van der Waals surface area contributed by atoms with Crippen molar-refractivity contribution in [3.8, 4) is 5.75 Å². The maximum Gasteiger partial charge on any atom is 0.311 e. The fourth-order valence-corrected chi connectivity index (χ4v) is 3.95. The zero-order valence-electron chi connectivity index (χ0n) is 17.2.